The van der Waals surface area contributed by atoms with Gasteiger partial charge in [-0.1, -0.05) is 41.9 Å². The van der Waals surface area contributed by atoms with Crippen LogP contribution in [0.25, 0.3) is 0 Å². The first-order chi connectivity index (χ1) is 11.2. The second kappa shape index (κ2) is 7.51. The first-order valence-corrected chi connectivity index (χ1v) is 8.44. The van der Waals surface area contributed by atoms with Crippen molar-refractivity contribution in [1.29, 1.82) is 0 Å². The van der Waals surface area contributed by atoms with Crippen molar-refractivity contribution in [1.82, 2.24) is 5.32 Å². The molecule has 0 aromatic heterocycles. The lowest BCUT2D eigenvalue weighted by atomic mass is 10.1. The summed E-state index contributed by atoms with van der Waals surface area (Å²) >= 11 is 6.09. The lowest BCUT2D eigenvalue weighted by molar-refractivity contribution is -0.120. The summed E-state index contributed by atoms with van der Waals surface area (Å²) in [7, 11) is 0. The number of carbonyl (C=O) groups is 1. The summed E-state index contributed by atoms with van der Waals surface area (Å²) in [6.45, 7) is 2.74. The van der Waals surface area contributed by atoms with Gasteiger partial charge in [-0.05, 0) is 42.2 Å². The molecule has 0 unspecified atom stereocenters. The highest BCUT2D eigenvalue weighted by atomic mass is 35.5. The zero-order chi connectivity index (χ0) is 16.1. The SMILES string of the molecule is O=C(Cc1ccc(N2CCCC2)cc1)NCc1ccccc1Cl. The minimum Gasteiger partial charge on any atom is -0.372 e. The quantitative estimate of drug-likeness (QED) is 0.905. The van der Waals surface area contributed by atoms with Crippen molar-refractivity contribution in [2.45, 2.75) is 25.8 Å². The van der Waals surface area contributed by atoms with Gasteiger partial charge in [0.15, 0.2) is 0 Å². The van der Waals surface area contributed by atoms with Gasteiger partial charge in [0, 0.05) is 30.3 Å². The molecule has 1 aliphatic heterocycles. The van der Waals surface area contributed by atoms with Crippen molar-refractivity contribution in [2.75, 3.05) is 18.0 Å². The molecule has 1 amide bonds. The van der Waals surface area contributed by atoms with E-state index in [9.17, 15) is 4.79 Å². The number of halogens is 1. The average Bonchev–Trinajstić information content (AvgIpc) is 3.09. The number of nitrogens with zero attached hydrogens (tertiary/aromatic N) is 1. The molecule has 1 fully saturated rings. The molecule has 0 aliphatic carbocycles. The van der Waals surface area contributed by atoms with Gasteiger partial charge in [-0.15, -0.1) is 0 Å². The number of benzene rings is 2. The van der Waals surface area contributed by atoms with Crippen molar-refractivity contribution < 1.29 is 4.79 Å². The fraction of sp³-hybridized carbons (Fsp3) is 0.316. The van der Waals surface area contributed by atoms with E-state index in [1.54, 1.807) is 0 Å². The van der Waals surface area contributed by atoms with E-state index in [0.717, 1.165) is 24.2 Å². The van der Waals surface area contributed by atoms with Crippen molar-refractivity contribution in [3.63, 3.8) is 0 Å². The molecule has 0 spiro atoms. The van der Waals surface area contributed by atoms with Gasteiger partial charge in [0.2, 0.25) is 5.91 Å². The fourth-order valence-corrected chi connectivity index (χ4v) is 3.09. The molecule has 4 heteroatoms. The van der Waals surface area contributed by atoms with Gasteiger partial charge in [-0.3, -0.25) is 4.79 Å². The third kappa shape index (κ3) is 4.26. The maximum atomic E-state index is 12.1. The number of amides is 1. The minimum absolute atomic E-state index is 0.0128. The Hall–Kier alpha value is -2.00. The summed E-state index contributed by atoms with van der Waals surface area (Å²) in [6, 6.07) is 15.9. The first-order valence-electron chi connectivity index (χ1n) is 8.06. The lowest BCUT2D eigenvalue weighted by Crippen LogP contribution is -2.24. The average molecular weight is 329 g/mol. The van der Waals surface area contributed by atoms with Crippen LogP contribution in [-0.2, 0) is 17.8 Å². The van der Waals surface area contributed by atoms with Crippen molar-refractivity contribution in [3.05, 3.63) is 64.7 Å². The molecular weight excluding hydrogens is 308 g/mol. The van der Waals surface area contributed by atoms with Crippen LogP contribution >= 0.6 is 11.6 Å². The summed E-state index contributed by atoms with van der Waals surface area (Å²) in [5, 5.41) is 3.61. The molecule has 23 heavy (non-hydrogen) atoms. The van der Waals surface area contributed by atoms with Crippen LogP contribution in [-0.4, -0.2) is 19.0 Å². The third-order valence-corrected chi connectivity index (χ3v) is 4.57. The largest absolute Gasteiger partial charge is 0.372 e. The maximum absolute atomic E-state index is 12.1. The zero-order valence-corrected chi connectivity index (χ0v) is 13.9. The highest BCUT2D eigenvalue weighted by Gasteiger charge is 2.12. The van der Waals surface area contributed by atoms with E-state index in [1.807, 2.05) is 36.4 Å². The van der Waals surface area contributed by atoms with Crippen LogP contribution < -0.4 is 10.2 Å². The lowest BCUT2D eigenvalue weighted by Gasteiger charge is -2.17. The standard InChI is InChI=1S/C19H21ClN2O/c20-18-6-2-1-5-16(18)14-21-19(23)13-15-7-9-17(10-8-15)22-11-3-4-12-22/h1-2,5-10H,3-4,11-14H2,(H,21,23). The Bertz CT molecular complexity index is 663. The molecule has 1 saturated heterocycles. The molecule has 120 valence electrons. The molecule has 1 aliphatic rings. The second-order valence-corrected chi connectivity index (χ2v) is 6.31. The van der Waals surface area contributed by atoms with Crippen molar-refractivity contribution in [2.24, 2.45) is 0 Å². The van der Waals surface area contributed by atoms with Gasteiger partial charge in [0.05, 0.1) is 6.42 Å². The van der Waals surface area contributed by atoms with E-state index in [2.05, 4.69) is 22.3 Å². The van der Waals surface area contributed by atoms with Gasteiger partial charge in [0.1, 0.15) is 0 Å². The van der Waals surface area contributed by atoms with Gasteiger partial charge in [-0.2, -0.15) is 0 Å². The first kappa shape index (κ1) is 15.9. The molecule has 3 nitrogen and oxygen atoms in total. The molecular formula is C19H21ClN2O. The highest BCUT2D eigenvalue weighted by molar-refractivity contribution is 6.31. The summed E-state index contributed by atoms with van der Waals surface area (Å²) < 4.78 is 0. The van der Waals surface area contributed by atoms with E-state index in [0.29, 0.717) is 18.0 Å². The predicted octanol–water partition coefficient (Wildman–Crippen LogP) is 3.80. The Morgan fingerprint density at radius 1 is 1.04 bits per heavy atom. The Balaban J connectivity index is 1.52. The van der Waals surface area contributed by atoms with Crippen LogP contribution in [0, 0.1) is 0 Å². The van der Waals surface area contributed by atoms with Crippen LogP contribution in [0.5, 0.6) is 0 Å². The third-order valence-electron chi connectivity index (χ3n) is 4.21. The smallest absolute Gasteiger partial charge is 0.224 e. The number of anilines is 1. The Morgan fingerprint density at radius 2 is 1.74 bits per heavy atom. The van der Waals surface area contributed by atoms with Crippen LogP contribution in [0.15, 0.2) is 48.5 Å². The van der Waals surface area contributed by atoms with Gasteiger partial charge in [-0.25, -0.2) is 0 Å². The monoisotopic (exact) mass is 328 g/mol. The topological polar surface area (TPSA) is 32.3 Å². The summed E-state index contributed by atoms with van der Waals surface area (Å²) in [5.74, 6) is 0.0128. The van der Waals surface area contributed by atoms with E-state index >= 15 is 0 Å². The molecule has 2 aromatic carbocycles. The van der Waals surface area contributed by atoms with Crippen LogP contribution in [0.4, 0.5) is 5.69 Å². The highest BCUT2D eigenvalue weighted by Crippen LogP contribution is 2.20. The van der Waals surface area contributed by atoms with Crippen molar-refractivity contribution in [3.8, 4) is 0 Å². The normalized spacial score (nSPS) is 14.0. The zero-order valence-electron chi connectivity index (χ0n) is 13.1. The molecule has 0 atom stereocenters. The Labute approximate surface area is 142 Å². The molecule has 1 heterocycles. The van der Waals surface area contributed by atoms with Gasteiger partial charge in [0.25, 0.3) is 0 Å². The van der Waals surface area contributed by atoms with E-state index < -0.39 is 0 Å². The summed E-state index contributed by atoms with van der Waals surface area (Å²) in [6.07, 6.45) is 2.93. The van der Waals surface area contributed by atoms with Crippen LogP contribution in [0.1, 0.15) is 24.0 Å². The van der Waals surface area contributed by atoms with E-state index in [-0.39, 0.29) is 5.91 Å². The predicted molar refractivity (Wildman–Crippen MR) is 94.9 cm³/mol. The number of hydrogen-bond acceptors (Lipinski definition) is 2. The maximum Gasteiger partial charge on any atom is 0.224 e. The molecule has 0 bridgehead atoms. The van der Waals surface area contributed by atoms with Gasteiger partial charge >= 0.3 is 0 Å². The molecule has 2 aromatic rings. The number of carbonyl (C=O) groups excluding carboxylic acids is 1. The van der Waals surface area contributed by atoms with Gasteiger partial charge < -0.3 is 10.2 Å². The number of rotatable bonds is 5. The molecule has 1 N–H and O–H groups in total. The molecule has 0 radical (unpaired) electrons. The Kier molecular flexibility index (Phi) is 5.19. The van der Waals surface area contributed by atoms with Crippen LogP contribution in [0.3, 0.4) is 0 Å². The second-order valence-electron chi connectivity index (χ2n) is 5.91. The summed E-state index contributed by atoms with van der Waals surface area (Å²) in [4.78, 5) is 14.5. The number of nitrogens with one attached hydrogen (secondary N) is 1. The fourth-order valence-electron chi connectivity index (χ4n) is 2.88. The van der Waals surface area contributed by atoms with Crippen molar-refractivity contribution >= 4 is 23.2 Å². The molecule has 3 rings (SSSR count). The van der Waals surface area contributed by atoms with E-state index in [4.69, 9.17) is 11.6 Å². The van der Waals surface area contributed by atoms with E-state index in [1.165, 1.54) is 18.5 Å². The molecule has 0 saturated carbocycles. The Morgan fingerprint density at radius 3 is 2.43 bits per heavy atom. The van der Waals surface area contributed by atoms with Crippen LogP contribution in [0.2, 0.25) is 5.02 Å². The number of hydrogen-bond donors (Lipinski definition) is 1. The minimum atomic E-state index is 0.0128. The summed E-state index contributed by atoms with van der Waals surface area (Å²) in [5.41, 5.74) is 3.22.